The molecular formula is C15H24N2O. The minimum Gasteiger partial charge on any atom is -0.366 e. The Labute approximate surface area is 110 Å². The highest BCUT2D eigenvalue weighted by atomic mass is 16.6. The molecule has 18 heavy (non-hydrogen) atoms. The first-order valence-corrected chi connectivity index (χ1v) is 6.72. The molecule has 2 rings (SSSR count). The molecule has 0 aromatic heterocycles. The summed E-state index contributed by atoms with van der Waals surface area (Å²) in [4.78, 5) is 7.31. The van der Waals surface area contributed by atoms with Gasteiger partial charge in [-0.15, -0.1) is 0 Å². The van der Waals surface area contributed by atoms with Gasteiger partial charge < -0.3 is 9.74 Å². The molecule has 0 aliphatic carbocycles. The highest BCUT2D eigenvalue weighted by molar-refractivity contribution is 5.57. The van der Waals surface area contributed by atoms with Crippen LogP contribution in [0, 0.1) is 0 Å². The van der Waals surface area contributed by atoms with Gasteiger partial charge in [-0.2, -0.15) is 0 Å². The normalized spacial score (nSPS) is 20.4. The van der Waals surface area contributed by atoms with Gasteiger partial charge >= 0.3 is 0 Å². The van der Waals surface area contributed by atoms with Crippen LogP contribution in [0.2, 0.25) is 0 Å². The van der Waals surface area contributed by atoms with Gasteiger partial charge in [0.05, 0.1) is 12.6 Å². The fraction of sp³-hybridized carbons (Fsp3) is 0.600. The van der Waals surface area contributed by atoms with E-state index in [1.54, 1.807) is 0 Å². The molecule has 0 amide bonds. The molecule has 1 unspecified atom stereocenters. The Bertz CT molecular complexity index is 398. The van der Waals surface area contributed by atoms with Gasteiger partial charge in [0.1, 0.15) is 0 Å². The molecule has 1 aliphatic rings. The van der Waals surface area contributed by atoms with Crippen LogP contribution in [0.3, 0.4) is 0 Å². The van der Waals surface area contributed by atoms with Crippen LogP contribution in [0.4, 0.5) is 5.69 Å². The molecule has 1 fully saturated rings. The second-order valence-corrected chi connectivity index (χ2v) is 6.09. The van der Waals surface area contributed by atoms with Crippen LogP contribution < -0.4 is 10.8 Å². The lowest BCUT2D eigenvalue weighted by Gasteiger charge is -2.32. The second-order valence-electron chi connectivity index (χ2n) is 6.09. The third-order valence-electron chi connectivity index (χ3n) is 3.69. The van der Waals surface area contributed by atoms with Gasteiger partial charge in [-0.1, -0.05) is 39.0 Å². The molecule has 0 saturated carbocycles. The summed E-state index contributed by atoms with van der Waals surface area (Å²) in [5, 5.41) is 0. The number of benzene rings is 1. The summed E-state index contributed by atoms with van der Waals surface area (Å²) in [7, 11) is 0. The zero-order chi connectivity index (χ0) is 13.2. The van der Waals surface area contributed by atoms with E-state index in [-0.39, 0.29) is 5.41 Å². The summed E-state index contributed by atoms with van der Waals surface area (Å²) in [6, 6.07) is 9.10. The van der Waals surface area contributed by atoms with E-state index in [1.165, 1.54) is 17.7 Å². The third-order valence-corrected chi connectivity index (χ3v) is 3.69. The van der Waals surface area contributed by atoms with Gasteiger partial charge in [0.15, 0.2) is 0 Å². The second kappa shape index (κ2) is 5.29. The Morgan fingerprint density at radius 1 is 1.33 bits per heavy atom. The SMILES string of the molecule is CC(C)(C)c1ccccc1N1CCCC1CON. The summed E-state index contributed by atoms with van der Waals surface area (Å²) in [5.74, 6) is 5.25. The van der Waals surface area contributed by atoms with E-state index in [0.29, 0.717) is 12.6 Å². The standard InChI is InChI=1S/C15H24N2O/c1-15(2,3)13-8-4-5-9-14(13)17-10-6-7-12(17)11-18-16/h4-5,8-9,12H,6-7,10-11,16H2,1-3H3. The molecule has 1 atom stereocenters. The lowest BCUT2D eigenvalue weighted by atomic mass is 9.85. The minimum atomic E-state index is 0.160. The van der Waals surface area contributed by atoms with Crippen LogP contribution in [0.1, 0.15) is 39.2 Å². The van der Waals surface area contributed by atoms with E-state index < -0.39 is 0 Å². The first-order valence-electron chi connectivity index (χ1n) is 6.72. The van der Waals surface area contributed by atoms with Gasteiger partial charge in [0.25, 0.3) is 0 Å². The van der Waals surface area contributed by atoms with Crippen molar-refractivity contribution in [1.29, 1.82) is 0 Å². The van der Waals surface area contributed by atoms with Crippen LogP contribution >= 0.6 is 0 Å². The number of nitrogens with zero attached hydrogens (tertiary/aromatic N) is 1. The molecule has 2 N–H and O–H groups in total. The molecule has 1 aliphatic heterocycles. The van der Waals surface area contributed by atoms with Crippen molar-refractivity contribution in [1.82, 2.24) is 0 Å². The Hall–Kier alpha value is -1.06. The predicted octanol–water partition coefficient (Wildman–Crippen LogP) is 2.84. The highest BCUT2D eigenvalue weighted by Crippen LogP contribution is 2.35. The van der Waals surface area contributed by atoms with Crippen LogP contribution in [0.5, 0.6) is 0 Å². The number of hydrogen-bond donors (Lipinski definition) is 1. The maximum absolute atomic E-state index is 5.25. The van der Waals surface area contributed by atoms with Crippen LogP contribution in [-0.2, 0) is 10.3 Å². The Balaban J connectivity index is 2.33. The fourth-order valence-corrected chi connectivity index (χ4v) is 2.80. The maximum atomic E-state index is 5.25. The van der Waals surface area contributed by atoms with Crippen molar-refractivity contribution < 1.29 is 4.84 Å². The first-order chi connectivity index (χ1) is 8.54. The van der Waals surface area contributed by atoms with E-state index in [0.717, 1.165) is 13.0 Å². The molecule has 1 heterocycles. The van der Waals surface area contributed by atoms with Crippen molar-refractivity contribution >= 4 is 5.69 Å². The lowest BCUT2D eigenvalue weighted by Crippen LogP contribution is -2.35. The summed E-state index contributed by atoms with van der Waals surface area (Å²) in [5.41, 5.74) is 2.89. The summed E-state index contributed by atoms with van der Waals surface area (Å²) < 4.78 is 0. The van der Waals surface area contributed by atoms with Crippen molar-refractivity contribution in [3.05, 3.63) is 29.8 Å². The molecule has 1 aromatic rings. The van der Waals surface area contributed by atoms with Crippen molar-refractivity contribution in [2.24, 2.45) is 5.90 Å². The zero-order valence-electron chi connectivity index (χ0n) is 11.6. The highest BCUT2D eigenvalue weighted by Gasteiger charge is 2.28. The number of hydrogen-bond acceptors (Lipinski definition) is 3. The summed E-state index contributed by atoms with van der Waals surface area (Å²) in [6.45, 7) is 8.49. The van der Waals surface area contributed by atoms with Gasteiger partial charge in [-0.3, -0.25) is 0 Å². The quantitative estimate of drug-likeness (QED) is 0.836. The zero-order valence-corrected chi connectivity index (χ0v) is 11.6. The average molecular weight is 248 g/mol. The Morgan fingerprint density at radius 2 is 2.06 bits per heavy atom. The molecular weight excluding hydrogens is 224 g/mol. The van der Waals surface area contributed by atoms with Crippen LogP contribution in [-0.4, -0.2) is 19.2 Å². The summed E-state index contributed by atoms with van der Waals surface area (Å²) in [6.07, 6.45) is 2.38. The van der Waals surface area contributed by atoms with Crippen molar-refractivity contribution in [3.63, 3.8) is 0 Å². The maximum Gasteiger partial charge on any atom is 0.0882 e. The fourth-order valence-electron chi connectivity index (χ4n) is 2.80. The number of para-hydroxylation sites is 1. The van der Waals surface area contributed by atoms with E-state index in [2.05, 4.69) is 49.9 Å². The molecule has 3 nitrogen and oxygen atoms in total. The van der Waals surface area contributed by atoms with Crippen molar-refractivity contribution in [3.8, 4) is 0 Å². The molecule has 3 heteroatoms. The molecule has 0 spiro atoms. The first kappa shape index (κ1) is 13.4. The Morgan fingerprint density at radius 3 is 2.72 bits per heavy atom. The molecule has 1 saturated heterocycles. The molecule has 0 radical (unpaired) electrons. The van der Waals surface area contributed by atoms with E-state index in [4.69, 9.17) is 10.7 Å². The third kappa shape index (κ3) is 2.68. The van der Waals surface area contributed by atoms with Gasteiger partial charge in [0, 0.05) is 12.2 Å². The smallest absolute Gasteiger partial charge is 0.0882 e. The number of rotatable bonds is 3. The van der Waals surface area contributed by atoms with E-state index >= 15 is 0 Å². The Kier molecular flexibility index (Phi) is 3.93. The van der Waals surface area contributed by atoms with Gasteiger partial charge in [0.2, 0.25) is 0 Å². The summed E-state index contributed by atoms with van der Waals surface area (Å²) >= 11 is 0. The van der Waals surface area contributed by atoms with Crippen molar-refractivity contribution in [2.45, 2.75) is 45.1 Å². The predicted molar refractivity (Wildman–Crippen MR) is 75.6 cm³/mol. The molecule has 0 bridgehead atoms. The van der Waals surface area contributed by atoms with Gasteiger partial charge in [-0.25, -0.2) is 5.90 Å². The molecule has 1 aromatic carbocycles. The van der Waals surface area contributed by atoms with Crippen LogP contribution in [0.25, 0.3) is 0 Å². The largest absolute Gasteiger partial charge is 0.366 e. The monoisotopic (exact) mass is 248 g/mol. The van der Waals surface area contributed by atoms with E-state index in [9.17, 15) is 0 Å². The average Bonchev–Trinajstić information content (AvgIpc) is 2.77. The number of nitrogens with two attached hydrogens (primary N) is 1. The van der Waals surface area contributed by atoms with Gasteiger partial charge in [-0.05, 0) is 29.9 Å². The van der Waals surface area contributed by atoms with Crippen LogP contribution in [0.15, 0.2) is 24.3 Å². The lowest BCUT2D eigenvalue weighted by molar-refractivity contribution is 0.124. The minimum absolute atomic E-state index is 0.160. The molecule has 100 valence electrons. The van der Waals surface area contributed by atoms with Crippen molar-refractivity contribution in [2.75, 3.05) is 18.1 Å². The topological polar surface area (TPSA) is 38.5 Å². The van der Waals surface area contributed by atoms with E-state index in [1.807, 2.05) is 0 Å². The number of anilines is 1.